The molecule has 6 heteroatoms. The summed E-state index contributed by atoms with van der Waals surface area (Å²) in [6.45, 7) is 0. The Morgan fingerprint density at radius 1 is 1.42 bits per heavy atom. The molecule has 1 heterocycles. The minimum atomic E-state index is -4.35. The molecule has 0 spiro atoms. The van der Waals surface area contributed by atoms with E-state index in [9.17, 15) is 13.2 Å². The first-order chi connectivity index (χ1) is 5.55. The van der Waals surface area contributed by atoms with E-state index in [0.717, 1.165) is 15.1 Å². The van der Waals surface area contributed by atoms with Crippen molar-refractivity contribution in [3.63, 3.8) is 0 Å². The summed E-state index contributed by atoms with van der Waals surface area (Å²) in [7, 11) is 1.01. The number of aromatic nitrogens is 1. The zero-order valence-corrected chi connectivity index (χ0v) is 8.57. The number of pyridine rings is 1. The molecule has 0 radical (unpaired) electrons. The van der Waals surface area contributed by atoms with Gasteiger partial charge in [-0.2, -0.15) is 13.2 Å². The fraction of sp³-hybridized carbons (Fsp3) is 0.167. The molecule has 0 aliphatic carbocycles. The maximum atomic E-state index is 12.2. The monoisotopic (exact) mass is 305 g/mol. The number of hydrogen-bond acceptors (Lipinski definition) is 2. The maximum absolute atomic E-state index is 12.2. The van der Waals surface area contributed by atoms with E-state index in [1.807, 2.05) is 0 Å². The van der Waals surface area contributed by atoms with Crippen molar-refractivity contribution in [1.29, 1.82) is 0 Å². The summed E-state index contributed by atoms with van der Waals surface area (Å²) < 4.78 is 36.5. The van der Waals surface area contributed by atoms with E-state index in [1.54, 1.807) is 21.2 Å². The Labute approximate surface area is 83.3 Å². The number of nitrogens with zero attached hydrogens (tertiary/aromatic N) is 1. The van der Waals surface area contributed by atoms with Crippen LogP contribution in [-0.2, 0) is 6.18 Å². The Kier molecular flexibility index (Phi) is 3.22. The molecule has 0 unspecified atom stereocenters. The second-order valence-corrected chi connectivity index (χ2v) is 3.84. The van der Waals surface area contributed by atoms with Crippen LogP contribution in [0.1, 0.15) is 5.69 Å². The molecule has 0 fully saturated rings. The van der Waals surface area contributed by atoms with E-state index in [4.69, 9.17) is 0 Å². The third-order valence-corrected chi connectivity index (χ3v) is 3.04. The summed E-state index contributed by atoms with van der Waals surface area (Å²) >= 11 is 1.80. The molecular formula is C6H3F3INS. The SMILES string of the molecule is FC(F)(F)c1ncccc1SI. The molecule has 0 saturated carbocycles. The van der Waals surface area contributed by atoms with E-state index in [2.05, 4.69) is 4.98 Å². The molecular weight excluding hydrogens is 302 g/mol. The summed E-state index contributed by atoms with van der Waals surface area (Å²) in [5, 5.41) is 0. The molecule has 12 heavy (non-hydrogen) atoms. The van der Waals surface area contributed by atoms with Gasteiger partial charge in [0.15, 0.2) is 5.69 Å². The van der Waals surface area contributed by atoms with Crippen molar-refractivity contribution < 1.29 is 13.2 Å². The van der Waals surface area contributed by atoms with Gasteiger partial charge in [0.2, 0.25) is 0 Å². The molecule has 66 valence electrons. The van der Waals surface area contributed by atoms with Crippen LogP contribution in [0.15, 0.2) is 23.2 Å². The topological polar surface area (TPSA) is 12.9 Å². The van der Waals surface area contributed by atoms with E-state index >= 15 is 0 Å². The first-order valence-electron chi connectivity index (χ1n) is 2.86. The lowest BCUT2D eigenvalue weighted by atomic mass is 10.3. The minimum absolute atomic E-state index is 0.144. The Hall–Kier alpha value is 0.0200. The molecule has 0 N–H and O–H groups in total. The van der Waals surface area contributed by atoms with E-state index in [1.165, 1.54) is 12.1 Å². The zero-order valence-electron chi connectivity index (χ0n) is 5.60. The molecule has 0 bridgehead atoms. The molecule has 0 atom stereocenters. The highest BCUT2D eigenvalue weighted by atomic mass is 127. The van der Waals surface area contributed by atoms with Crippen molar-refractivity contribution in [1.82, 2.24) is 4.98 Å². The lowest BCUT2D eigenvalue weighted by Gasteiger charge is -2.07. The number of rotatable bonds is 1. The minimum Gasteiger partial charge on any atom is -0.251 e. The molecule has 0 amide bonds. The number of hydrogen-bond donors (Lipinski definition) is 0. The van der Waals surface area contributed by atoms with Gasteiger partial charge in [0.25, 0.3) is 0 Å². The standard InChI is InChI=1S/C6H3F3INS/c7-6(8,9)5-4(12-10)2-1-3-11-5/h1-3H. The van der Waals surface area contributed by atoms with Gasteiger partial charge in [0, 0.05) is 32.3 Å². The van der Waals surface area contributed by atoms with Crippen LogP contribution in [0.4, 0.5) is 13.2 Å². The van der Waals surface area contributed by atoms with Gasteiger partial charge in [-0.25, -0.2) is 0 Å². The van der Waals surface area contributed by atoms with Crippen molar-refractivity contribution in [2.24, 2.45) is 0 Å². The predicted molar refractivity (Wildman–Crippen MR) is 49.1 cm³/mol. The van der Waals surface area contributed by atoms with Crippen molar-refractivity contribution in [3.8, 4) is 0 Å². The van der Waals surface area contributed by atoms with E-state index in [0.29, 0.717) is 0 Å². The van der Waals surface area contributed by atoms with Gasteiger partial charge >= 0.3 is 6.18 Å². The lowest BCUT2D eigenvalue weighted by molar-refractivity contribution is -0.143. The molecule has 0 aliphatic rings. The fourth-order valence-corrected chi connectivity index (χ4v) is 2.10. The van der Waals surface area contributed by atoms with Gasteiger partial charge in [0.1, 0.15) is 0 Å². The third kappa shape index (κ3) is 2.25. The second kappa shape index (κ2) is 3.82. The molecule has 0 aromatic carbocycles. The number of halogens is 4. The van der Waals surface area contributed by atoms with Crippen molar-refractivity contribution >= 4 is 30.1 Å². The Balaban J connectivity index is 3.14. The summed E-state index contributed by atoms with van der Waals surface area (Å²) in [5.74, 6) is 0. The van der Waals surface area contributed by atoms with E-state index < -0.39 is 11.9 Å². The fourth-order valence-electron chi connectivity index (χ4n) is 0.666. The molecule has 0 saturated heterocycles. The van der Waals surface area contributed by atoms with Crippen molar-refractivity contribution in [3.05, 3.63) is 24.0 Å². The van der Waals surface area contributed by atoms with Crippen LogP contribution in [0.2, 0.25) is 0 Å². The molecule has 1 aromatic rings. The smallest absolute Gasteiger partial charge is 0.251 e. The normalized spacial score (nSPS) is 11.7. The van der Waals surface area contributed by atoms with Gasteiger partial charge in [0.05, 0.1) is 0 Å². The quantitative estimate of drug-likeness (QED) is 0.736. The van der Waals surface area contributed by atoms with Crippen LogP contribution in [-0.4, -0.2) is 4.98 Å². The van der Waals surface area contributed by atoms with Crippen LogP contribution in [0, 0.1) is 0 Å². The first-order valence-corrected chi connectivity index (χ1v) is 6.22. The van der Waals surface area contributed by atoms with Crippen LogP contribution >= 0.6 is 30.1 Å². The molecule has 1 rings (SSSR count). The van der Waals surface area contributed by atoms with Gasteiger partial charge in [-0.15, -0.1) is 0 Å². The third-order valence-electron chi connectivity index (χ3n) is 1.12. The van der Waals surface area contributed by atoms with Crippen molar-refractivity contribution in [2.75, 3.05) is 0 Å². The maximum Gasteiger partial charge on any atom is 0.434 e. The molecule has 1 aromatic heterocycles. The van der Waals surface area contributed by atoms with Gasteiger partial charge in [-0.3, -0.25) is 4.98 Å². The summed E-state index contributed by atoms with van der Waals surface area (Å²) in [6.07, 6.45) is -3.21. The van der Waals surface area contributed by atoms with Gasteiger partial charge < -0.3 is 0 Å². The molecule has 0 aliphatic heterocycles. The molecule has 1 nitrogen and oxygen atoms in total. The predicted octanol–water partition coefficient (Wildman–Crippen LogP) is 3.54. The summed E-state index contributed by atoms with van der Waals surface area (Å²) in [4.78, 5) is 3.41. The average Bonchev–Trinajstić information content (AvgIpc) is 2.03. The van der Waals surface area contributed by atoms with E-state index in [-0.39, 0.29) is 4.90 Å². The van der Waals surface area contributed by atoms with Gasteiger partial charge in [-0.1, -0.05) is 8.93 Å². The van der Waals surface area contributed by atoms with Crippen molar-refractivity contribution in [2.45, 2.75) is 11.1 Å². The number of alkyl halides is 3. The Morgan fingerprint density at radius 2 is 2.08 bits per heavy atom. The van der Waals surface area contributed by atoms with Crippen LogP contribution in [0.3, 0.4) is 0 Å². The van der Waals surface area contributed by atoms with Gasteiger partial charge in [-0.05, 0) is 12.1 Å². The highest BCUT2D eigenvalue weighted by Gasteiger charge is 2.34. The summed E-state index contributed by atoms with van der Waals surface area (Å²) in [6, 6.07) is 2.88. The lowest BCUT2D eigenvalue weighted by Crippen LogP contribution is -2.08. The summed E-state index contributed by atoms with van der Waals surface area (Å²) in [5.41, 5.74) is -0.815. The van der Waals surface area contributed by atoms with Crippen LogP contribution < -0.4 is 0 Å². The van der Waals surface area contributed by atoms with Crippen LogP contribution in [0.25, 0.3) is 0 Å². The largest absolute Gasteiger partial charge is 0.434 e. The highest BCUT2D eigenvalue weighted by molar-refractivity contribution is 14.2. The van der Waals surface area contributed by atoms with Crippen LogP contribution in [0.5, 0.6) is 0 Å². The zero-order chi connectivity index (χ0) is 9.19. The highest BCUT2D eigenvalue weighted by Crippen LogP contribution is 2.37. The average molecular weight is 305 g/mol. The first kappa shape index (κ1) is 10.1. The second-order valence-electron chi connectivity index (χ2n) is 1.93. The Morgan fingerprint density at radius 3 is 2.50 bits per heavy atom. The Bertz CT molecular complexity index is 276.